The first-order valence-corrected chi connectivity index (χ1v) is 5.70. The van der Waals surface area contributed by atoms with E-state index in [4.69, 9.17) is 4.74 Å². The topological polar surface area (TPSA) is 37.4 Å². The highest BCUT2D eigenvalue weighted by atomic mass is 16.5. The summed E-state index contributed by atoms with van der Waals surface area (Å²) in [4.78, 5) is 6.48. The number of ether oxygens (including phenoxy) is 1. The van der Waals surface area contributed by atoms with Crippen LogP contribution in [0.2, 0.25) is 0 Å². The minimum absolute atomic E-state index is 0.658. The molecule has 0 saturated carbocycles. The second-order valence-corrected chi connectivity index (χ2v) is 3.71. The number of hydrogen-bond acceptors (Lipinski definition) is 4. The lowest BCUT2D eigenvalue weighted by Crippen LogP contribution is -2.29. The number of nitrogens with zero attached hydrogens (tertiary/aromatic N) is 2. The van der Waals surface area contributed by atoms with Crippen molar-refractivity contribution in [2.45, 2.75) is 13.3 Å². The number of nitrogens with one attached hydrogen (secondary N) is 1. The van der Waals surface area contributed by atoms with E-state index in [2.05, 4.69) is 22.1 Å². The maximum Gasteiger partial charge on any atom is 0.214 e. The average Bonchev–Trinajstić information content (AvgIpc) is 2.34. The van der Waals surface area contributed by atoms with E-state index >= 15 is 0 Å². The number of pyridine rings is 1. The fourth-order valence-electron chi connectivity index (χ4n) is 1.39. The van der Waals surface area contributed by atoms with Gasteiger partial charge in [-0.25, -0.2) is 0 Å². The molecule has 0 aliphatic carbocycles. The van der Waals surface area contributed by atoms with Gasteiger partial charge in [0.1, 0.15) is 5.82 Å². The van der Waals surface area contributed by atoms with E-state index in [9.17, 15) is 0 Å². The summed E-state index contributed by atoms with van der Waals surface area (Å²) in [6, 6.07) is 5.80. The number of rotatable bonds is 7. The number of likely N-dealkylation sites (N-methyl/N-ethyl adjacent to an activating group) is 1. The van der Waals surface area contributed by atoms with Crippen molar-refractivity contribution in [2.75, 3.05) is 38.7 Å². The highest BCUT2D eigenvalue weighted by Crippen LogP contribution is 2.13. The van der Waals surface area contributed by atoms with E-state index in [1.807, 2.05) is 25.2 Å². The van der Waals surface area contributed by atoms with Crippen LogP contribution in [0.3, 0.4) is 0 Å². The monoisotopic (exact) mass is 223 g/mol. The predicted octanol–water partition coefficient (Wildman–Crippen LogP) is 1.53. The highest BCUT2D eigenvalue weighted by Gasteiger charge is 2.02. The Balaban J connectivity index is 2.42. The molecule has 0 aromatic carbocycles. The second-order valence-electron chi connectivity index (χ2n) is 3.71. The van der Waals surface area contributed by atoms with Gasteiger partial charge in [-0.3, -0.25) is 0 Å². The number of anilines is 1. The molecule has 0 unspecified atom stereocenters. The number of aromatic nitrogens is 1. The normalized spacial score (nSPS) is 10.2. The van der Waals surface area contributed by atoms with Gasteiger partial charge in [-0.1, -0.05) is 13.0 Å². The van der Waals surface area contributed by atoms with Gasteiger partial charge in [0.2, 0.25) is 5.88 Å². The SMILES string of the molecule is CCCNCCN(C)c1cccc(OC)n1. The summed E-state index contributed by atoms with van der Waals surface area (Å²) in [6.07, 6.45) is 1.17. The van der Waals surface area contributed by atoms with Crippen molar-refractivity contribution in [3.8, 4) is 5.88 Å². The van der Waals surface area contributed by atoms with Crippen LogP contribution in [-0.2, 0) is 0 Å². The summed E-state index contributed by atoms with van der Waals surface area (Å²) in [6.45, 7) is 5.16. The molecule has 0 amide bonds. The summed E-state index contributed by atoms with van der Waals surface area (Å²) in [5.74, 6) is 1.60. The largest absolute Gasteiger partial charge is 0.481 e. The minimum Gasteiger partial charge on any atom is -0.481 e. The van der Waals surface area contributed by atoms with Crippen molar-refractivity contribution >= 4 is 5.82 Å². The van der Waals surface area contributed by atoms with E-state index in [0.717, 1.165) is 25.5 Å². The number of hydrogen-bond donors (Lipinski definition) is 1. The van der Waals surface area contributed by atoms with Gasteiger partial charge < -0.3 is 15.0 Å². The Kier molecular flexibility index (Phi) is 5.64. The Morgan fingerprint density at radius 1 is 1.38 bits per heavy atom. The van der Waals surface area contributed by atoms with Crippen LogP contribution in [0.5, 0.6) is 5.88 Å². The van der Waals surface area contributed by atoms with Gasteiger partial charge in [0.15, 0.2) is 0 Å². The Hall–Kier alpha value is -1.29. The van der Waals surface area contributed by atoms with Crippen molar-refractivity contribution in [1.82, 2.24) is 10.3 Å². The van der Waals surface area contributed by atoms with Crippen molar-refractivity contribution in [3.63, 3.8) is 0 Å². The van der Waals surface area contributed by atoms with E-state index < -0.39 is 0 Å². The molecule has 0 bridgehead atoms. The highest BCUT2D eigenvalue weighted by molar-refractivity contribution is 5.39. The van der Waals surface area contributed by atoms with Gasteiger partial charge in [-0.05, 0) is 19.0 Å². The molecule has 1 N–H and O–H groups in total. The zero-order chi connectivity index (χ0) is 11.8. The van der Waals surface area contributed by atoms with E-state index in [-0.39, 0.29) is 0 Å². The molecule has 0 radical (unpaired) electrons. The summed E-state index contributed by atoms with van der Waals surface area (Å²) in [5.41, 5.74) is 0. The minimum atomic E-state index is 0.658. The van der Waals surface area contributed by atoms with Gasteiger partial charge >= 0.3 is 0 Å². The molecule has 0 atom stereocenters. The van der Waals surface area contributed by atoms with E-state index in [0.29, 0.717) is 5.88 Å². The smallest absolute Gasteiger partial charge is 0.214 e. The molecule has 0 saturated heterocycles. The zero-order valence-corrected chi connectivity index (χ0v) is 10.4. The first kappa shape index (κ1) is 12.8. The van der Waals surface area contributed by atoms with Crippen LogP contribution in [0.4, 0.5) is 5.82 Å². The Labute approximate surface area is 97.6 Å². The molecule has 90 valence electrons. The lowest BCUT2D eigenvalue weighted by atomic mass is 10.4. The predicted molar refractivity (Wildman–Crippen MR) is 67.2 cm³/mol. The first-order valence-electron chi connectivity index (χ1n) is 5.70. The molecule has 1 aromatic rings. The average molecular weight is 223 g/mol. The Morgan fingerprint density at radius 3 is 2.88 bits per heavy atom. The van der Waals surface area contributed by atoms with Crippen LogP contribution < -0.4 is 15.0 Å². The quantitative estimate of drug-likeness (QED) is 0.711. The van der Waals surface area contributed by atoms with Crippen LogP contribution in [0.25, 0.3) is 0 Å². The summed E-state index contributed by atoms with van der Waals surface area (Å²) in [5, 5.41) is 3.36. The van der Waals surface area contributed by atoms with Gasteiger partial charge in [-0.15, -0.1) is 0 Å². The number of methoxy groups -OCH3 is 1. The molecule has 16 heavy (non-hydrogen) atoms. The summed E-state index contributed by atoms with van der Waals surface area (Å²) < 4.78 is 5.09. The third kappa shape index (κ3) is 4.06. The molecular weight excluding hydrogens is 202 g/mol. The Bertz CT molecular complexity index is 304. The van der Waals surface area contributed by atoms with Gasteiger partial charge in [0.05, 0.1) is 7.11 Å². The molecule has 0 aliphatic rings. The van der Waals surface area contributed by atoms with Crippen LogP contribution in [-0.4, -0.2) is 38.8 Å². The third-order valence-electron chi connectivity index (χ3n) is 2.36. The van der Waals surface area contributed by atoms with Crippen LogP contribution >= 0.6 is 0 Å². The first-order chi connectivity index (χ1) is 7.77. The van der Waals surface area contributed by atoms with E-state index in [1.54, 1.807) is 7.11 Å². The molecule has 4 nitrogen and oxygen atoms in total. The van der Waals surface area contributed by atoms with E-state index in [1.165, 1.54) is 6.42 Å². The van der Waals surface area contributed by atoms with Gasteiger partial charge in [0.25, 0.3) is 0 Å². The third-order valence-corrected chi connectivity index (χ3v) is 2.36. The molecular formula is C12H21N3O. The van der Waals surface area contributed by atoms with Gasteiger partial charge in [0, 0.05) is 26.2 Å². The summed E-state index contributed by atoms with van der Waals surface area (Å²) >= 11 is 0. The van der Waals surface area contributed by atoms with Crippen molar-refractivity contribution in [3.05, 3.63) is 18.2 Å². The van der Waals surface area contributed by atoms with Crippen LogP contribution in [0.1, 0.15) is 13.3 Å². The Morgan fingerprint density at radius 2 is 2.19 bits per heavy atom. The van der Waals surface area contributed by atoms with Crippen LogP contribution in [0, 0.1) is 0 Å². The second kappa shape index (κ2) is 7.06. The maximum atomic E-state index is 5.09. The summed E-state index contributed by atoms with van der Waals surface area (Å²) in [7, 11) is 3.67. The maximum absolute atomic E-state index is 5.09. The molecule has 0 fully saturated rings. The van der Waals surface area contributed by atoms with Crippen molar-refractivity contribution in [1.29, 1.82) is 0 Å². The molecule has 4 heteroatoms. The molecule has 1 rings (SSSR count). The van der Waals surface area contributed by atoms with Crippen molar-refractivity contribution < 1.29 is 4.74 Å². The fourth-order valence-corrected chi connectivity index (χ4v) is 1.39. The lowest BCUT2D eigenvalue weighted by Gasteiger charge is -2.18. The zero-order valence-electron chi connectivity index (χ0n) is 10.4. The molecule has 0 aliphatic heterocycles. The lowest BCUT2D eigenvalue weighted by molar-refractivity contribution is 0.398. The molecule has 1 aromatic heterocycles. The van der Waals surface area contributed by atoms with Crippen molar-refractivity contribution in [2.24, 2.45) is 0 Å². The molecule has 0 spiro atoms. The standard InChI is InChI=1S/C12H21N3O/c1-4-8-13-9-10-15(2)11-6-5-7-12(14-11)16-3/h5-7,13H,4,8-10H2,1-3H3. The molecule has 1 heterocycles. The van der Waals surface area contributed by atoms with Gasteiger partial charge in [-0.2, -0.15) is 4.98 Å². The van der Waals surface area contributed by atoms with Crippen LogP contribution in [0.15, 0.2) is 18.2 Å². The fraction of sp³-hybridized carbons (Fsp3) is 0.583.